The van der Waals surface area contributed by atoms with Crippen LogP contribution in [0.25, 0.3) is 10.9 Å². The van der Waals surface area contributed by atoms with Crippen molar-refractivity contribution in [3.8, 4) is 5.88 Å². The van der Waals surface area contributed by atoms with Gasteiger partial charge in [-0.05, 0) is 25.1 Å². The summed E-state index contributed by atoms with van der Waals surface area (Å²) in [6.45, 7) is 2.84. The van der Waals surface area contributed by atoms with Crippen LogP contribution >= 0.6 is 0 Å². The number of para-hydroxylation sites is 1. The minimum atomic E-state index is -0.0787. The third-order valence-electron chi connectivity index (χ3n) is 3.78. The van der Waals surface area contributed by atoms with Crippen LogP contribution in [0, 0.1) is 6.92 Å². The number of anilines is 1. The highest BCUT2D eigenvalue weighted by Gasteiger charge is 2.27. The number of aryl methyl sites for hydroxylation is 1. The predicted octanol–water partition coefficient (Wildman–Crippen LogP) is 2.31. The summed E-state index contributed by atoms with van der Waals surface area (Å²) in [7, 11) is 0. The zero-order chi connectivity index (χ0) is 15.1. The quantitative estimate of drug-likeness (QED) is 0.747. The molecule has 1 amide bonds. The second-order valence-electron chi connectivity index (χ2n) is 5.22. The second kappa shape index (κ2) is 4.84. The van der Waals surface area contributed by atoms with Crippen LogP contribution in [-0.2, 0) is 0 Å². The molecule has 0 spiro atoms. The summed E-state index contributed by atoms with van der Waals surface area (Å²) in [5, 5.41) is 7.83. The zero-order valence-corrected chi connectivity index (χ0v) is 12.0. The van der Waals surface area contributed by atoms with Crippen LogP contribution in [0.15, 0.2) is 36.5 Å². The Labute approximate surface area is 126 Å². The Kier molecular flexibility index (Phi) is 2.82. The fourth-order valence-electron chi connectivity index (χ4n) is 2.69. The summed E-state index contributed by atoms with van der Waals surface area (Å²) in [5.41, 5.74) is 2.92. The first kappa shape index (κ1) is 12.8. The van der Waals surface area contributed by atoms with Gasteiger partial charge in [-0.2, -0.15) is 5.10 Å². The van der Waals surface area contributed by atoms with E-state index >= 15 is 0 Å². The van der Waals surface area contributed by atoms with Gasteiger partial charge >= 0.3 is 0 Å². The number of carbonyl (C=O) groups excluding carboxylic acids is 1. The van der Waals surface area contributed by atoms with Crippen molar-refractivity contribution in [3.05, 3.63) is 47.8 Å². The monoisotopic (exact) mass is 294 g/mol. The molecule has 0 atom stereocenters. The van der Waals surface area contributed by atoms with E-state index in [-0.39, 0.29) is 5.91 Å². The van der Waals surface area contributed by atoms with Gasteiger partial charge in [0, 0.05) is 11.1 Å². The van der Waals surface area contributed by atoms with Gasteiger partial charge in [-0.1, -0.05) is 12.1 Å². The maximum atomic E-state index is 13.0. The van der Waals surface area contributed by atoms with E-state index in [1.54, 1.807) is 17.2 Å². The molecule has 0 fully saturated rings. The number of rotatable bonds is 1. The molecule has 1 N–H and O–H groups in total. The normalized spacial score (nSPS) is 13.8. The molecule has 0 aliphatic carbocycles. The molecule has 2 aromatic heterocycles. The number of pyridine rings is 1. The summed E-state index contributed by atoms with van der Waals surface area (Å²) in [5.74, 6) is 0.432. The zero-order valence-electron chi connectivity index (χ0n) is 12.0. The molecule has 1 aromatic carbocycles. The van der Waals surface area contributed by atoms with Crippen LogP contribution in [0.2, 0.25) is 0 Å². The molecule has 0 saturated carbocycles. The van der Waals surface area contributed by atoms with Crippen molar-refractivity contribution in [2.24, 2.45) is 0 Å². The van der Waals surface area contributed by atoms with Gasteiger partial charge in [0.2, 0.25) is 5.88 Å². The van der Waals surface area contributed by atoms with Crippen LogP contribution in [0.1, 0.15) is 16.1 Å². The highest BCUT2D eigenvalue weighted by Crippen LogP contribution is 2.31. The number of hydrogen-bond donors (Lipinski definition) is 1. The first-order valence-corrected chi connectivity index (χ1v) is 7.08. The number of benzene rings is 1. The van der Waals surface area contributed by atoms with Crippen LogP contribution < -0.4 is 9.64 Å². The predicted molar refractivity (Wildman–Crippen MR) is 82.2 cm³/mol. The van der Waals surface area contributed by atoms with E-state index in [2.05, 4.69) is 15.2 Å². The lowest BCUT2D eigenvalue weighted by molar-refractivity contribution is 0.0977. The number of hydrogen-bond acceptors (Lipinski definition) is 4. The molecule has 0 radical (unpaired) electrons. The van der Waals surface area contributed by atoms with Crippen molar-refractivity contribution in [1.29, 1.82) is 0 Å². The van der Waals surface area contributed by atoms with Crippen molar-refractivity contribution in [2.75, 3.05) is 18.1 Å². The molecule has 4 rings (SSSR count). The Morgan fingerprint density at radius 2 is 2.23 bits per heavy atom. The van der Waals surface area contributed by atoms with Gasteiger partial charge in [0.05, 0.1) is 23.8 Å². The molecule has 110 valence electrons. The number of aromatic nitrogens is 3. The van der Waals surface area contributed by atoms with E-state index < -0.39 is 0 Å². The Bertz CT molecular complexity index is 871. The van der Waals surface area contributed by atoms with Crippen molar-refractivity contribution in [2.45, 2.75) is 6.92 Å². The third kappa shape index (κ3) is 1.92. The first-order valence-electron chi connectivity index (χ1n) is 7.08. The molecule has 0 bridgehead atoms. The molecule has 22 heavy (non-hydrogen) atoms. The average molecular weight is 294 g/mol. The molecule has 0 saturated heterocycles. The van der Waals surface area contributed by atoms with Crippen molar-refractivity contribution in [1.82, 2.24) is 15.2 Å². The van der Waals surface area contributed by atoms with E-state index in [1.165, 1.54) is 0 Å². The summed E-state index contributed by atoms with van der Waals surface area (Å²) < 4.78 is 5.57. The van der Waals surface area contributed by atoms with E-state index in [1.807, 2.05) is 31.2 Å². The van der Waals surface area contributed by atoms with E-state index in [0.29, 0.717) is 30.3 Å². The highest BCUT2D eigenvalue weighted by atomic mass is 16.5. The topological polar surface area (TPSA) is 71.1 Å². The Balaban J connectivity index is 1.80. The van der Waals surface area contributed by atoms with Crippen molar-refractivity contribution in [3.63, 3.8) is 0 Å². The molecule has 3 aromatic rings. The molecular weight excluding hydrogens is 280 g/mol. The lowest BCUT2D eigenvalue weighted by Crippen LogP contribution is -2.38. The van der Waals surface area contributed by atoms with Crippen molar-refractivity contribution >= 4 is 22.5 Å². The molecular formula is C16H14N4O2. The van der Waals surface area contributed by atoms with Crippen LogP contribution in [0.5, 0.6) is 5.88 Å². The third-order valence-corrected chi connectivity index (χ3v) is 3.78. The number of ether oxygens (including phenoxy) is 1. The fraction of sp³-hybridized carbons (Fsp3) is 0.188. The second-order valence-corrected chi connectivity index (χ2v) is 5.22. The lowest BCUT2D eigenvalue weighted by atomic mass is 10.1. The van der Waals surface area contributed by atoms with Crippen molar-refractivity contribution < 1.29 is 9.53 Å². The van der Waals surface area contributed by atoms with E-state index in [4.69, 9.17) is 4.74 Å². The summed E-state index contributed by atoms with van der Waals surface area (Å²) in [4.78, 5) is 19.0. The number of nitrogens with zero attached hydrogens (tertiary/aromatic N) is 3. The molecule has 0 unspecified atom stereocenters. The Morgan fingerprint density at radius 1 is 1.32 bits per heavy atom. The van der Waals surface area contributed by atoms with Crippen LogP contribution in [0.3, 0.4) is 0 Å². The van der Waals surface area contributed by atoms with Gasteiger partial charge in [0.15, 0.2) is 0 Å². The highest BCUT2D eigenvalue weighted by molar-refractivity contribution is 6.13. The maximum Gasteiger partial charge on any atom is 0.260 e. The number of amides is 1. The fourth-order valence-corrected chi connectivity index (χ4v) is 2.69. The summed E-state index contributed by atoms with van der Waals surface area (Å²) in [6, 6.07) is 9.35. The summed E-state index contributed by atoms with van der Waals surface area (Å²) in [6.07, 6.45) is 1.71. The van der Waals surface area contributed by atoms with Gasteiger partial charge in [-0.15, -0.1) is 0 Å². The molecule has 3 heterocycles. The number of nitrogens with one attached hydrogen (secondary N) is 1. The lowest BCUT2D eigenvalue weighted by Gasteiger charge is -2.29. The number of aromatic amines is 1. The van der Waals surface area contributed by atoms with Gasteiger partial charge in [-0.25, -0.2) is 4.98 Å². The Hall–Kier alpha value is -2.89. The minimum Gasteiger partial charge on any atom is -0.474 e. The van der Waals surface area contributed by atoms with E-state index in [0.717, 1.165) is 16.6 Å². The summed E-state index contributed by atoms with van der Waals surface area (Å²) >= 11 is 0. The number of H-pyrrole nitrogens is 1. The molecule has 6 nitrogen and oxygen atoms in total. The van der Waals surface area contributed by atoms with Gasteiger partial charge in [0.1, 0.15) is 12.3 Å². The van der Waals surface area contributed by atoms with Gasteiger partial charge in [0.25, 0.3) is 5.91 Å². The first-order chi connectivity index (χ1) is 10.7. The number of carbonyl (C=O) groups is 1. The largest absolute Gasteiger partial charge is 0.474 e. The SMILES string of the molecule is Cc1ccc2c(n1)OCCN2C(=O)c1cccc2cn[nH]c12. The molecule has 6 heteroatoms. The Morgan fingerprint density at radius 3 is 3.14 bits per heavy atom. The average Bonchev–Trinajstić information content (AvgIpc) is 3.01. The van der Waals surface area contributed by atoms with Crippen LogP contribution in [0.4, 0.5) is 5.69 Å². The van der Waals surface area contributed by atoms with Gasteiger partial charge in [-0.3, -0.25) is 14.8 Å². The molecule has 1 aliphatic rings. The van der Waals surface area contributed by atoms with E-state index in [9.17, 15) is 4.79 Å². The smallest absolute Gasteiger partial charge is 0.260 e. The maximum absolute atomic E-state index is 13.0. The standard InChI is InChI=1S/C16H14N4O2/c1-10-5-6-13-15(18-10)22-8-7-20(13)16(21)12-4-2-3-11-9-17-19-14(11)12/h2-6,9H,7-8H2,1H3,(H,17,19). The molecule has 1 aliphatic heterocycles. The van der Waals surface area contributed by atoms with Crippen LogP contribution in [-0.4, -0.2) is 34.2 Å². The number of fused-ring (bicyclic) bond motifs is 2. The van der Waals surface area contributed by atoms with Gasteiger partial charge < -0.3 is 4.74 Å². The minimum absolute atomic E-state index is 0.0787.